The molecule has 1 aromatic heterocycles. The number of nitrogen functional groups attached to an aromatic ring is 1. The number of tetrazole rings is 1. The van der Waals surface area contributed by atoms with Gasteiger partial charge in [0.25, 0.3) is 0 Å². The Balaban J connectivity index is 2.36. The molecule has 19 heavy (non-hydrogen) atoms. The Hall–Kier alpha value is -2.11. The Morgan fingerprint density at radius 2 is 2.16 bits per heavy atom. The van der Waals surface area contributed by atoms with E-state index in [1.54, 1.807) is 17.9 Å². The summed E-state index contributed by atoms with van der Waals surface area (Å²) in [5.74, 6) is 2.00. The van der Waals surface area contributed by atoms with Crippen molar-refractivity contribution in [1.29, 1.82) is 0 Å². The lowest BCUT2D eigenvalue weighted by Crippen LogP contribution is -2.06. The molecule has 1 heterocycles. The van der Waals surface area contributed by atoms with Crippen LogP contribution in [-0.2, 0) is 6.54 Å². The van der Waals surface area contributed by atoms with Crippen LogP contribution in [0, 0.1) is 5.92 Å². The molecule has 0 aliphatic heterocycles. The smallest absolute Gasteiger partial charge is 0.185 e. The third-order valence-corrected chi connectivity index (χ3v) is 2.91. The second-order valence-corrected chi connectivity index (χ2v) is 4.87. The summed E-state index contributed by atoms with van der Waals surface area (Å²) >= 11 is 0. The number of hydrogen-bond donors (Lipinski definition) is 1. The Morgan fingerprint density at radius 1 is 1.37 bits per heavy atom. The highest BCUT2D eigenvalue weighted by atomic mass is 16.5. The topological polar surface area (TPSA) is 78.8 Å². The third kappa shape index (κ3) is 3.01. The molecule has 0 spiro atoms. The number of nitrogens with zero attached hydrogens (tertiary/aromatic N) is 4. The molecule has 0 unspecified atom stereocenters. The van der Waals surface area contributed by atoms with Crippen LogP contribution < -0.4 is 10.5 Å². The van der Waals surface area contributed by atoms with E-state index in [0.717, 1.165) is 24.3 Å². The first-order chi connectivity index (χ1) is 9.11. The van der Waals surface area contributed by atoms with Crippen LogP contribution in [0.25, 0.3) is 11.4 Å². The number of anilines is 1. The molecule has 1 aromatic carbocycles. The quantitative estimate of drug-likeness (QED) is 0.832. The number of aromatic nitrogens is 4. The van der Waals surface area contributed by atoms with Crippen LogP contribution in [0.3, 0.4) is 0 Å². The second kappa shape index (κ2) is 5.69. The van der Waals surface area contributed by atoms with Gasteiger partial charge in [0.2, 0.25) is 0 Å². The number of aryl methyl sites for hydroxylation is 1. The van der Waals surface area contributed by atoms with E-state index in [2.05, 4.69) is 29.4 Å². The van der Waals surface area contributed by atoms with Crippen LogP contribution in [0.15, 0.2) is 18.2 Å². The van der Waals surface area contributed by atoms with Gasteiger partial charge in [-0.05, 0) is 41.0 Å². The maximum absolute atomic E-state index is 5.83. The third-order valence-electron chi connectivity index (χ3n) is 2.91. The fourth-order valence-corrected chi connectivity index (χ4v) is 1.83. The van der Waals surface area contributed by atoms with Crippen molar-refractivity contribution >= 4 is 5.69 Å². The van der Waals surface area contributed by atoms with Gasteiger partial charge in [0.1, 0.15) is 5.75 Å². The van der Waals surface area contributed by atoms with E-state index >= 15 is 0 Å². The summed E-state index contributed by atoms with van der Waals surface area (Å²) in [4.78, 5) is 0. The molecule has 0 atom stereocenters. The second-order valence-electron chi connectivity index (χ2n) is 4.87. The highest BCUT2D eigenvalue weighted by Crippen LogP contribution is 2.30. The Morgan fingerprint density at radius 3 is 2.84 bits per heavy atom. The molecule has 0 aliphatic carbocycles. The fraction of sp³-hybridized carbons (Fsp3) is 0.462. The highest BCUT2D eigenvalue weighted by Gasteiger charge is 2.14. The average Bonchev–Trinajstić information content (AvgIpc) is 2.84. The molecule has 6 nitrogen and oxygen atoms in total. The van der Waals surface area contributed by atoms with E-state index in [9.17, 15) is 0 Å². The van der Waals surface area contributed by atoms with Gasteiger partial charge in [0.15, 0.2) is 5.82 Å². The summed E-state index contributed by atoms with van der Waals surface area (Å²) in [7, 11) is 1.62. The summed E-state index contributed by atoms with van der Waals surface area (Å²) in [6.07, 6.45) is 1.02. The average molecular weight is 261 g/mol. The van der Waals surface area contributed by atoms with Gasteiger partial charge in [0.05, 0.1) is 12.7 Å². The van der Waals surface area contributed by atoms with E-state index in [-0.39, 0.29) is 0 Å². The SMILES string of the molecule is COc1ccc(N)cc1-c1nnnn1CCC(C)C. The largest absolute Gasteiger partial charge is 0.496 e. The number of rotatable bonds is 5. The first-order valence-corrected chi connectivity index (χ1v) is 6.32. The first-order valence-electron chi connectivity index (χ1n) is 6.32. The lowest BCUT2D eigenvalue weighted by atomic mass is 10.1. The summed E-state index contributed by atoms with van der Waals surface area (Å²) < 4.78 is 7.13. The summed E-state index contributed by atoms with van der Waals surface area (Å²) in [6, 6.07) is 5.45. The summed E-state index contributed by atoms with van der Waals surface area (Å²) in [5.41, 5.74) is 7.30. The molecule has 2 rings (SSSR count). The summed E-state index contributed by atoms with van der Waals surface area (Å²) in [5, 5.41) is 11.9. The van der Waals surface area contributed by atoms with E-state index in [1.807, 2.05) is 12.1 Å². The molecule has 102 valence electrons. The van der Waals surface area contributed by atoms with Crippen molar-refractivity contribution < 1.29 is 4.74 Å². The van der Waals surface area contributed by atoms with Gasteiger partial charge in [-0.1, -0.05) is 13.8 Å². The van der Waals surface area contributed by atoms with E-state index in [1.165, 1.54) is 0 Å². The van der Waals surface area contributed by atoms with Crippen molar-refractivity contribution in [1.82, 2.24) is 20.2 Å². The van der Waals surface area contributed by atoms with Crippen LogP contribution in [0.1, 0.15) is 20.3 Å². The van der Waals surface area contributed by atoms with E-state index in [0.29, 0.717) is 17.4 Å². The minimum atomic E-state index is 0.597. The Kier molecular flexibility index (Phi) is 3.99. The molecule has 6 heteroatoms. The van der Waals surface area contributed by atoms with Crippen LogP contribution in [0.4, 0.5) is 5.69 Å². The van der Waals surface area contributed by atoms with Crippen molar-refractivity contribution in [2.45, 2.75) is 26.8 Å². The van der Waals surface area contributed by atoms with Crippen LogP contribution in [-0.4, -0.2) is 27.3 Å². The van der Waals surface area contributed by atoms with Gasteiger partial charge in [-0.3, -0.25) is 0 Å². The standard InChI is InChI=1S/C13H19N5O/c1-9(2)6-7-18-13(15-16-17-18)11-8-10(14)4-5-12(11)19-3/h4-5,8-9H,6-7,14H2,1-3H3. The van der Waals surface area contributed by atoms with Gasteiger partial charge >= 0.3 is 0 Å². The predicted molar refractivity (Wildman–Crippen MR) is 73.7 cm³/mol. The molecule has 2 N–H and O–H groups in total. The maximum atomic E-state index is 5.83. The molecule has 0 bridgehead atoms. The monoisotopic (exact) mass is 261 g/mol. The summed E-state index contributed by atoms with van der Waals surface area (Å²) in [6.45, 7) is 5.12. The van der Waals surface area contributed by atoms with Crippen LogP contribution in [0.2, 0.25) is 0 Å². The first kappa shape index (κ1) is 13.3. The maximum Gasteiger partial charge on any atom is 0.185 e. The molecule has 0 radical (unpaired) electrons. The van der Waals surface area contributed by atoms with E-state index in [4.69, 9.17) is 10.5 Å². The zero-order valence-electron chi connectivity index (χ0n) is 11.5. The number of ether oxygens (including phenoxy) is 1. The minimum Gasteiger partial charge on any atom is -0.496 e. The predicted octanol–water partition coefficient (Wildman–Crippen LogP) is 1.98. The Bertz CT molecular complexity index is 550. The number of hydrogen-bond acceptors (Lipinski definition) is 5. The molecule has 0 amide bonds. The fourth-order valence-electron chi connectivity index (χ4n) is 1.83. The molecule has 2 aromatic rings. The van der Waals surface area contributed by atoms with Crippen molar-refractivity contribution in [2.75, 3.05) is 12.8 Å². The zero-order valence-corrected chi connectivity index (χ0v) is 11.5. The van der Waals surface area contributed by atoms with Crippen molar-refractivity contribution in [3.05, 3.63) is 18.2 Å². The zero-order chi connectivity index (χ0) is 13.8. The lowest BCUT2D eigenvalue weighted by Gasteiger charge is -2.10. The molecule has 0 fully saturated rings. The van der Waals surface area contributed by atoms with Crippen LogP contribution >= 0.6 is 0 Å². The number of benzene rings is 1. The Labute approximate surface area is 112 Å². The van der Waals surface area contributed by atoms with Crippen molar-refractivity contribution in [3.8, 4) is 17.1 Å². The van der Waals surface area contributed by atoms with Gasteiger partial charge in [-0.15, -0.1) is 5.10 Å². The van der Waals surface area contributed by atoms with Gasteiger partial charge in [0, 0.05) is 12.2 Å². The van der Waals surface area contributed by atoms with Crippen molar-refractivity contribution in [2.24, 2.45) is 5.92 Å². The molecule has 0 aliphatic rings. The van der Waals surface area contributed by atoms with Crippen molar-refractivity contribution in [3.63, 3.8) is 0 Å². The van der Waals surface area contributed by atoms with Gasteiger partial charge < -0.3 is 10.5 Å². The highest BCUT2D eigenvalue weighted by molar-refractivity contribution is 5.68. The van der Waals surface area contributed by atoms with E-state index < -0.39 is 0 Å². The van der Waals surface area contributed by atoms with Gasteiger partial charge in [-0.25, -0.2) is 4.68 Å². The molecule has 0 saturated carbocycles. The molecular weight excluding hydrogens is 242 g/mol. The number of methoxy groups -OCH3 is 1. The minimum absolute atomic E-state index is 0.597. The number of nitrogens with two attached hydrogens (primary N) is 1. The molecule has 0 saturated heterocycles. The van der Waals surface area contributed by atoms with Crippen LogP contribution in [0.5, 0.6) is 5.75 Å². The molecular formula is C13H19N5O. The normalized spacial score (nSPS) is 10.9. The van der Waals surface area contributed by atoms with Gasteiger partial charge in [-0.2, -0.15) is 0 Å². The lowest BCUT2D eigenvalue weighted by molar-refractivity contribution is 0.415.